The summed E-state index contributed by atoms with van der Waals surface area (Å²) in [5.41, 5.74) is 3.87. The van der Waals surface area contributed by atoms with Gasteiger partial charge in [-0.1, -0.05) is 12.1 Å². The lowest BCUT2D eigenvalue weighted by atomic mass is 10.1. The number of likely N-dealkylation sites (N-methyl/N-ethyl adjacent to an activating group) is 1. The molecule has 0 amide bonds. The molecule has 0 aliphatic carbocycles. The van der Waals surface area contributed by atoms with Crippen LogP contribution in [0.15, 0.2) is 57.7 Å². The summed E-state index contributed by atoms with van der Waals surface area (Å²) in [6.07, 6.45) is 0. The maximum Gasteiger partial charge on any atom is 0.193 e. The molecule has 3 aromatic rings. The predicted octanol–water partition coefficient (Wildman–Crippen LogP) is 2.99. The van der Waals surface area contributed by atoms with Gasteiger partial charge in [-0.25, -0.2) is 0 Å². The van der Waals surface area contributed by atoms with Crippen LogP contribution in [0.5, 0.6) is 0 Å². The molecule has 0 unspecified atom stereocenters. The van der Waals surface area contributed by atoms with E-state index in [4.69, 9.17) is 9.15 Å². The summed E-state index contributed by atoms with van der Waals surface area (Å²) < 4.78 is 11.7. The van der Waals surface area contributed by atoms with Crippen molar-refractivity contribution in [3.8, 4) is 0 Å². The molecule has 0 atom stereocenters. The van der Waals surface area contributed by atoms with Crippen LogP contribution in [-0.4, -0.2) is 64.4 Å². The van der Waals surface area contributed by atoms with Gasteiger partial charge in [0.25, 0.3) is 0 Å². The second kappa shape index (κ2) is 9.22. The third-order valence-electron chi connectivity index (χ3n) is 6.32. The van der Waals surface area contributed by atoms with Gasteiger partial charge in [0.1, 0.15) is 5.76 Å². The van der Waals surface area contributed by atoms with E-state index >= 15 is 0 Å². The number of para-hydroxylation sites is 1. The highest BCUT2D eigenvalue weighted by Crippen LogP contribution is 2.27. The molecule has 0 saturated carbocycles. The first-order chi connectivity index (χ1) is 15.7. The van der Waals surface area contributed by atoms with E-state index in [9.17, 15) is 4.79 Å². The number of piperazine rings is 1. The maximum atomic E-state index is 12.8. The van der Waals surface area contributed by atoms with Crippen LogP contribution < -0.4 is 20.5 Å². The van der Waals surface area contributed by atoms with Gasteiger partial charge in [-0.3, -0.25) is 4.79 Å². The van der Waals surface area contributed by atoms with Crippen LogP contribution in [0.25, 0.3) is 11.0 Å². The maximum absolute atomic E-state index is 12.8. The van der Waals surface area contributed by atoms with Crippen LogP contribution >= 0.6 is 0 Å². The van der Waals surface area contributed by atoms with Gasteiger partial charge in [-0.15, -0.1) is 0 Å². The summed E-state index contributed by atoms with van der Waals surface area (Å²) in [6, 6.07) is 15.8. The van der Waals surface area contributed by atoms with Gasteiger partial charge in [-0.05, 0) is 37.4 Å². The average molecular weight is 435 g/mol. The molecule has 0 spiro atoms. The molecule has 2 aliphatic rings. The van der Waals surface area contributed by atoms with E-state index in [2.05, 4.69) is 51.3 Å². The highest BCUT2D eigenvalue weighted by molar-refractivity contribution is 5.89. The summed E-state index contributed by atoms with van der Waals surface area (Å²) in [6.45, 7) is 7.63. The zero-order chi connectivity index (χ0) is 21.9. The van der Waals surface area contributed by atoms with E-state index in [1.54, 1.807) is 6.07 Å². The van der Waals surface area contributed by atoms with Crippen molar-refractivity contribution in [2.24, 2.45) is 0 Å². The van der Waals surface area contributed by atoms with E-state index in [-0.39, 0.29) is 5.43 Å². The Morgan fingerprint density at radius 1 is 0.906 bits per heavy atom. The van der Waals surface area contributed by atoms with Gasteiger partial charge >= 0.3 is 0 Å². The molecule has 2 aliphatic heterocycles. The monoisotopic (exact) mass is 434 g/mol. The standard InChI is InChI=1S/C25H30N4O3/c1-27-8-10-29(11-9-27)23-7-3-6-22-24(30)17-21(32-25(22)23)18-26-19-4-2-5-20(16-19)28-12-14-31-15-13-28/h2-7,16-17,26H,8-15,18H2,1H3. The molecule has 1 N–H and O–H groups in total. The fourth-order valence-corrected chi connectivity index (χ4v) is 4.42. The Bertz CT molecular complexity index is 1130. The summed E-state index contributed by atoms with van der Waals surface area (Å²) in [4.78, 5) is 19.8. The molecule has 1 aromatic heterocycles. The first-order valence-corrected chi connectivity index (χ1v) is 11.3. The van der Waals surface area contributed by atoms with Crippen molar-refractivity contribution in [1.82, 2.24) is 4.90 Å². The molecule has 5 rings (SSSR count). The minimum absolute atomic E-state index is 0.00101. The van der Waals surface area contributed by atoms with Crippen LogP contribution in [0.1, 0.15) is 5.76 Å². The summed E-state index contributed by atoms with van der Waals surface area (Å²) >= 11 is 0. The molecule has 2 aromatic carbocycles. The lowest BCUT2D eigenvalue weighted by molar-refractivity contribution is 0.122. The van der Waals surface area contributed by atoms with Gasteiger partial charge in [0.2, 0.25) is 0 Å². The van der Waals surface area contributed by atoms with E-state index in [1.807, 2.05) is 18.2 Å². The number of anilines is 3. The smallest absolute Gasteiger partial charge is 0.193 e. The van der Waals surface area contributed by atoms with Crippen LogP contribution in [0.4, 0.5) is 17.1 Å². The highest BCUT2D eigenvalue weighted by Gasteiger charge is 2.19. The number of rotatable bonds is 5. The van der Waals surface area contributed by atoms with Crippen molar-refractivity contribution in [3.63, 3.8) is 0 Å². The predicted molar refractivity (Wildman–Crippen MR) is 129 cm³/mol. The number of nitrogens with zero attached hydrogens (tertiary/aromatic N) is 3. The number of morpholine rings is 1. The lowest BCUT2D eigenvalue weighted by Gasteiger charge is -2.34. The van der Waals surface area contributed by atoms with Gasteiger partial charge in [0.15, 0.2) is 11.0 Å². The molecular formula is C25H30N4O3. The van der Waals surface area contributed by atoms with Crippen molar-refractivity contribution >= 4 is 28.0 Å². The first kappa shape index (κ1) is 20.8. The Morgan fingerprint density at radius 3 is 2.50 bits per heavy atom. The number of hydrogen-bond donors (Lipinski definition) is 1. The van der Waals surface area contributed by atoms with Gasteiger partial charge in [0.05, 0.1) is 30.8 Å². The van der Waals surface area contributed by atoms with Gasteiger partial charge in [0, 0.05) is 56.7 Å². The van der Waals surface area contributed by atoms with Gasteiger partial charge < -0.3 is 29.2 Å². The van der Waals surface area contributed by atoms with Crippen LogP contribution in [0.3, 0.4) is 0 Å². The summed E-state index contributed by atoms with van der Waals surface area (Å²) in [5, 5.41) is 4.06. The molecule has 0 radical (unpaired) electrons. The zero-order valence-electron chi connectivity index (χ0n) is 18.5. The van der Waals surface area contributed by atoms with E-state index in [1.165, 1.54) is 5.69 Å². The lowest BCUT2D eigenvalue weighted by Crippen LogP contribution is -2.44. The number of hydrogen-bond acceptors (Lipinski definition) is 7. The normalized spacial score (nSPS) is 17.7. The van der Waals surface area contributed by atoms with E-state index < -0.39 is 0 Å². The van der Waals surface area contributed by atoms with Crippen molar-refractivity contribution in [2.45, 2.75) is 6.54 Å². The SMILES string of the molecule is CN1CCN(c2cccc3c(=O)cc(CNc4cccc(N5CCOCC5)c4)oc23)CC1. The fourth-order valence-electron chi connectivity index (χ4n) is 4.42. The Labute approximate surface area is 188 Å². The van der Waals surface area contributed by atoms with E-state index in [0.717, 1.165) is 63.9 Å². The average Bonchev–Trinajstić information content (AvgIpc) is 2.84. The molecule has 7 nitrogen and oxygen atoms in total. The van der Waals surface area contributed by atoms with Gasteiger partial charge in [-0.2, -0.15) is 0 Å². The minimum atomic E-state index is 0.00101. The number of benzene rings is 2. The summed E-state index contributed by atoms with van der Waals surface area (Å²) in [5.74, 6) is 0.640. The second-order valence-electron chi connectivity index (χ2n) is 8.52. The van der Waals surface area contributed by atoms with Crippen molar-refractivity contribution < 1.29 is 9.15 Å². The number of fused-ring (bicyclic) bond motifs is 1. The molecule has 168 valence electrons. The fraction of sp³-hybridized carbons (Fsp3) is 0.400. The Morgan fingerprint density at radius 2 is 1.69 bits per heavy atom. The number of nitrogens with one attached hydrogen (secondary N) is 1. The van der Waals surface area contributed by atoms with Crippen molar-refractivity contribution in [2.75, 3.05) is 74.6 Å². The molecule has 0 bridgehead atoms. The molecule has 3 heterocycles. The van der Waals surface area contributed by atoms with E-state index in [0.29, 0.717) is 23.3 Å². The van der Waals surface area contributed by atoms with Crippen LogP contribution in [0, 0.1) is 0 Å². The molecule has 32 heavy (non-hydrogen) atoms. The highest BCUT2D eigenvalue weighted by atomic mass is 16.5. The summed E-state index contributed by atoms with van der Waals surface area (Å²) in [7, 11) is 2.14. The first-order valence-electron chi connectivity index (χ1n) is 11.3. The molecule has 2 fully saturated rings. The minimum Gasteiger partial charge on any atom is -0.457 e. The largest absolute Gasteiger partial charge is 0.457 e. The molecule has 7 heteroatoms. The Kier molecular flexibility index (Phi) is 6.01. The van der Waals surface area contributed by atoms with Crippen LogP contribution in [-0.2, 0) is 11.3 Å². The Balaban J connectivity index is 1.37. The topological polar surface area (TPSA) is 61.2 Å². The second-order valence-corrected chi connectivity index (χ2v) is 8.52. The van der Waals surface area contributed by atoms with Crippen molar-refractivity contribution in [1.29, 1.82) is 0 Å². The van der Waals surface area contributed by atoms with Crippen molar-refractivity contribution in [3.05, 3.63) is 64.5 Å². The molecular weight excluding hydrogens is 404 g/mol. The van der Waals surface area contributed by atoms with Crippen LogP contribution in [0.2, 0.25) is 0 Å². The third-order valence-corrected chi connectivity index (χ3v) is 6.32. The zero-order valence-corrected chi connectivity index (χ0v) is 18.5. The Hall–Kier alpha value is -3.03. The number of ether oxygens (including phenoxy) is 1. The quantitative estimate of drug-likeness (QED) is 0.662. The molecule has 2 saturated heterocycles. The third kappa shape index (κ3) is 4.45.